The first-order valence-corrected chi connectivity index (χ1v) is 8.73. The van der Waals surface area contributed by atoms with Gasteiger partial charge in [0.25, 0.3) is 0 Å². The second kappa shape index (κ2) is 7.05. The van der Waals surface area contributed by atoms with Crippen molar-refractivity contribution in [3.63, 3.8) is 0 Å². The van der Waals surface area contributed by atoms with E-state index in [1.807, 2.05) is 18.2 Å². The van der Waals surface area contributed by atoms with Crippen LogP contribution in [-0.2, 0) is 20.7 Å². The number of hydrogen-bond acceptors (Lipinski definition) is 6. The second-order valence-electron chi connectivity index (χ2n) is 7.67. The Hall–Kier alpha value is -2.44. The molecule has 2 heterocycles. The van der Waals surface area contributed by atoms with Gasteiger partial charge in [-0.15, -0.1) is 0 Å². The standard InChI is InChI=1S/C19H25NO6/c1-19(2,3)26-18(22)20-10-13(8-14(20)17(21)23-4)7-12-5-6-15-16(9-12)25-11-24-15/h5-6,9,13-14H,7-8,10-11H2,1-4H3/t13?,14-/m0/s1. The third-order valence-corrected chi connectivity index (χ3v) is 4.45. The quantitative estimate of drug-likeness (QED) is 0.769. The molecule has 0 N–H and O–H groups in total. The molecule has 2 aliphatic rings. The second-order valence-corrected chi connectivity index (χ2v) is 7.67. The molecule has 0 aromatic heterocycles. The maximum absolute atomic E-state index is 12.5. The van der Waals surface area contributed by atoms with Crippen molar-refractivity contribution in [2.75, 3.05) is 20.4 Å². The third-order valence-electron chi connectivity index (χ3n) is 4.45. The topological polar surface area (TPSA) is 74.3 Å². The highest BCUT2D eigenvalue weighted by Crippen LogP contribution is 2.35. The van der Waals surface area contributed by atoms with E-state index in [9.17, 15) is 9.59 Å². The molecule has 0 aliphatic carbocycles. The molecule has 1 fully saturated rings. The van der Waals surface area contributed by atoms with E-state index in [4.69, 9.17) is 18.9 Å². The molecule has 7 heteroatoms. The number of ether oxygens (including phenoxy) is 4. The van der Waals surface area contributed by atoms with Crippen LogP contribution in [0, 0.1) is 5.92 Å². The number of methoxy groups -OCH3 is 1. The Bertz CT molecular complexity index is 696. The highest BCUT2D eigenvalue weighted by molar-refractivity contribution is 5.82. The Kier molecular flexibility index (Phi) is 4.98. The average molecular weight is 363 g/mol. The first-order valence-electron chi connectivity index (χ1n) is 8.73. The maximum atomic E-state index is 12.5. The van der Waals surface area contributed by atoms with Crippen molar-refractivity contribution >= 4 is 12.1 Å². The van der Waals surface area contributed by atoms with Crippen LogP contribution in [0.5, 0.6) is 11.5 Å². The van der Waals surface area contributed by atoms with Gasteiger partial charge in [-0.05, 0) is 57.2 Å². The molecule has 0 bridgehead atoms. The van der Waals surface area contributed by atoms with Crippen LogP contribution in [0.1, 0.15) is 32.8 Å². The van der Waals surface area contributed by atoms with Crippen LogP contribution in [0.2, 0.25) is 0 Å². The lowest BCUT2D eigenvalue weighted by molar-refractivity contribution is -0.145. The minimum atomic E-state index is -0.618. The lowest BCUT2D eigenvalue weighted by Crippen LogP contribution is -2.43. The normalized spacial score (nSPS) is 21.6. The van der Waals surface area contributed by atoms with Crippen molar-refractivity contribution in [1.29, 1.82) is 0 Å². The summed E-state index contributed by atoms with van der Waals surface area (Å²) in [4.78, 5) is 26.1. The van der Waals surface area contributed by atoms with Crippen LogP contribution in [0.3, 0.4) is 0 Å². The minimum Gasteiger partial charge on any atom is -0.467 e. The number of rotatable bonds is 3. The van der Waals surface area contributed by atoms with Crippen LogP contribution in [0.15, 0.2) is 18.2 Å². The van der Waals surface area contributed by atoms with Crippen LogP contribution >= 0.6 is 0 Å². The molecule has 1 amide bonds. The van der Waals surface area contributed by atoms with Crippen molar-refractivity contribution in [3.05, 3.63) is 23.8 Å². The Morgan fingerprint density at radius 1 is 1.23 bits per heavy atom. The van der Waals surface area contributed by atoms with Crippen molar-refractivity contribution in [1.82, 2.24) is 4.90 Å². The van der Waals surface area contributed by atoms with Gasteiger partial charge in [0, 0.05) is 6.54 Å². The number of carbonyl (C=O) groups excluding carboxylic acids is 2. The van der Waals surface area contributed by atoms with Crippen molar-refractivity contribution in [2.45, 2.75) is 45.3 Å². The van der Waals surface area contributed by atoms with Gasteiger partial charge in [0.1, 0.15) is 11.6 Å². The van der Waals surface area contributed by atoms with E-state index in [-0.39, 0.29) is 12.7 Å². The van der Waals surface area contributed by atoms with E-state index in [1.165, 1.54) is 12.0 Å². The van der Waals surface area contributed by atoms with Crippen LogP contribution < -0.4 is 9.47 Å². The summed E-state index contributed by atoms with van der Waals surface area (Å²) < 4.78 is 21.1. The number of esters is 1. The Balaban J connectivity index is 1.71. The summed E-state index contributed by atoms with van der Waals surface area (Å²) in [5.41, 5.74) is 0.460. The lowest BCUT2D eigenvalue weighted by Gasteiger charge is -2.27. The molecule has 1 aromatic rings. The number of hydrogen-bond donors (Lipinski definition) is 0. The molecule has 1 aromatic carbocycles. The molecular formula is C19H25NO6. The summed E-state index contributed by atoms with van der Waals surface area (Å²) >= 11 is 0. The van der Waals surface area contributed by atoms with E-state index in [0.29, 0.717) is 13.0 Å². The predicted octanol–water partition coefficient (Wildman–Crippen LogP) is 2.76. The molecule has 1 unspecified atom stereocenters. The molecule has 0 saturated carbocycles. The number of fused-ring (bicyclic) bond motifs is 1. The largest absolute Gasteiger partial charge is 0.467 e. The van der Waals surface area contributed by atoms with E-state index < -0.39 is 23.7 Å². The molecule has 1 saturated heterocycles. The van der Waals surface area contributed by atoms with Crippen molar-refractivity contribution in [3.8, 4) is 11.5 Å². The predicted molar refractivity (Wildman–Crippen MR) is 93.1 cm³/mol. The summed E-state index contributed by atoms with van der Waals surface area (Å²) in [6.07, 6.45) is 0.783. The van der Waals surface area contributed by atoms with Crippen molar-refractivity contribution < 1.29 is 28.5 Å². The molecule has 2 atom stereocenters. The first-order chi connectivity index (χ1) is 12.3. The fourth-order valence-corrected chi connectivity index (χ4v) is 3.35. The number of nitrogens with zero attached hydrogens (tertiary/aromatic N) is 1. The summed E-state index contributed by atoms with van der Waals surface area (Å²) in [7, 11) is 1.33. The van der Waals surface area contributed by atoms with Gasteiger partial charge in [0.05, 0.1) is 7.11 Å². The SMILES string of the molecule is COC(=O)[C@@H]1CC(Cc2ccc3c(c2)OCO3)CN1C(=O)OC(C)(C)C. The number of likely N-dealkylation sites (tertiary alicyclic amines) is 1. The summed E-state index contributed by atoms with van der Waals surface area (Å²) in [6.45, 7) is 6.09. The summed E-state index contributed by atoms with van der Waals surface area (Å²) in [5.74, 6) is 1.19. The molecule has 2 aliphatic heterocycles. The van der Waals surface area contributed by atoms with E-state index in [2.05, 4.69) is 0 Å². The highest BCUT2D eigenvalue weighted by Gasteiger charge is 2.42. The van der Waals surface area contributed by atoms with Gasteiger partial charge < -0.3 is 18.9 Å². The zero-order chi connectivity index (χ0) is 18.9. The molecule has 142 valence electrons. The highest BCUT2D eigenvalue weighted by atomic mass is 16.7. The zero-order valence-electron chi connectivity index (χ0n) is 15.6. The summed E-state index contributed by atoms with van der Waals surface area (Å²) in [5, 5.41) is 0. The van der Waals surface area contributed by atoms with Crippen molar-refractivity contribution in [2.24, 2.45) is 5.92 Å². The van der Waals surface area contributed by atoms with Gasteiger partial charge in [-0.2, -0.15) is 0 Å². The monoisotopic (exact) mass is 363 g/mol. The summed E-state index contributed by atoms with van der Waals surface area (Å²) in [6, 6.07) is 5.20. The molecule has 7 nitrogen and oxygen atoms in total. The lowest BCUT2D eigenvalue weighted by atomic mass is 9.96. The Morgan fingerprint density at radius 3 is 2.65 bits per heavy atom. The molecule has 26 heavy (non-hydrogen) atoms. The van der Waals surface area contributed by atoms with Gasteiger partial charge in [-0.1, -0.05) is 6.07 Å². The maximum Gasteiger partial charge on any atom is 0.411 e. The van der Waals surface area contributed by atoms with Gasteiger partial charge >= 0.3 is 12.1 Å². The van der Waals surface area contributed by atoms with Crippen LogP contribution in [-0.4, -0.2) is 49.1 Å². The fourth-order valence-electron chi connectivity index (χ4n) is 3.35. The zero-order valence-corrected chi connectivity index (χ0v) is 15.6. The van der Waals surface area contributed by atoms with E-state index in [1.54, 1.807) is 20.8 Å². The van der Waals surface area contributed by atoms with Gasteiger partial charge in [-0.3, -0.25) is 4.90 Å². The van der Waals surface area contributed by atoms with Gasteiger partial charge in [-0.25, -0.2) is 9.59 Å². The van der Waals surface area contributed by atoms with Gasteiger partial charge in [0.2, 0.25) is 6.79 Å². The third kappa shape index (κ3) is 4.03. The average Bonchev–Trinajstić information content (AvgIpc) is 3.18. The Labute approximate surface area is 153 Å². The molecule has 0 spiro atoms. The van der Waals surface area contributed by atoms with Crippen LogP contribution in [0.4, 0.5) is 4.79 Å². The van der Waals surface area contributed by atoms with E-state index >= 15 is 0 Å². The first kappa shape index (κ1) is 18.4. The number of amides is 1. The molecular weight excluding hydrogens is 338 g/mol. The van der Waals surface area contributed by atoms with E-state index in [0.717, 1.165) is 23.5 Å². The molecule has 0 radical (unpaired) electrons. The number of benzene rings is 1. The fraction of sp³-hybridized carbons (Fsp3) is 0.579. The Morgan fingerprint density at radius 2 is 1.96 bits per heavy atom. The number of carbonyl (C=O) groups is 2. The molecule has 3 rings (SSSR count). The smallest absolute Gasteiger partial charge is 0.411 e. The van der Waals surface area contributed by atoms with Gasteiger partial charge in [0.15, 0.2) is 11.5 Å². The van der Waals surface area contributed by atoms with Crippen LogP contribution in [0.25, 0.3) is 0 Å². The minimum absolute atomic E-state index is 0.131.